The molecule has 1 aromatic heterocycles. The molecule has 0 bridgehead atoms. The second-order valence-corrected chi connectivity index (χ2v) is 6.61. The summed E-state index contributed by atoms with van der Waals surface area (Å²) in [7, 11) is 0. The Kier molecular flexibility index (Phi) is 5.76. The Bertz CT molecular complexity index is 894. The number of aromatic nitrogens is 3. The van der Waals surface area contributed by atoms with Crippen LogP contribution in [0.2, 0.25) is 0 Å². The van der Waals surface area contributed by atoms with E-state index < -0.39 is 0 Å². The Morgan fingerprint density at radius 2 is 1.78 bits per heavy atom. The standard InChI is InChI=1S/C21H23N5O/c1-15(2)26(14-17-7-5-4-6-8-17)21-24-20(13-22-25-21)23-19-11-9-18(10-12-19)16(3)27/h4-13,15H,14H2,1-3H3,(H,23,24,25). The number of benzene rings is 2. The number of carbonyl (C=O) groups excluding carboxylic acids is 1. The molecule has 0 saturated heterocycles. The van der Waals surface area contributed by atoms with E-state index in [9.17, 15) is 4.79 Å². The number of rotatable bonds is 7. The van der Waals surface area contributed by atoms with Crippen LogP contribution in [0.3, 0.4) is 0 Å². The van der Waals surface area contributed by atoms with Crippen LogP contribution >= 0.6 is 0 Å². The van der Waals surface area contributed by atoms with Crippen LogP contribution in [0.4, 0.5) is 17.5 Å². The summed E-state index contributed by atoms with van der Waals surface area (Å²) in [6, 6.07) is 17.7. The van der Waals surface area contributed by atoms with Crippen molar-refractivity contribution in [3.63, 3.8) is 0 Å². The van der Waals surface area contributed by atoms with Gasteiger partial charge in [-0.1, -0.05) is 30.3 Å². The smallest absolute Gasteiger partial charge is 0.247 e. The molecule has 3 rings (SSSR count). The fraction of sp³-hybridized carbons (Fsp3) is 0.238. The summed E-state index contributed by atoms with van der Waals surface area (Å²) in [4.78, 5) is 18.1. The maximum atomic E-state index is 11.4. The van der Waals surface area contributed by atoms with E-state index in [1.807, 2.05) is 30.3 Å². The Balaban J connectivity index is 1.79. The molecule has 0 radical (unpaired) electrons. The van der Waals surface area contributed by atoms with E-state index in [1.54, 1.807) is 25.3 Å². The highest BCUT2D eigenvalue weighted by atomic mass is 16.1. The average molecular weight is 361 g/mol. The monoisotopic (exact) mass is 361 g/mol. The molecule has 27 heavy (non-hydrogen) atoms. The number of hydrogen-bond donors (Lipinski definition) is 1. The molecule has 3 aromatic rings. The highest BCUT2D eigenvalue weighted by Crippen LogP contribution is 2.19. The second-order valence-electron chi connectivity index (χ2n) is 6.61. The summed E-state index contributed by atoms with van der Waals surface area (Å²) in [6.45, 7) is 6.47. The van der Waals surface area contributed by atoms with Gasteiger partial charge in [-0.3, -0.25) is 4.79 Å². The van der Waals surface area contributed by atoms with Crippen molar-refractivity contribution in [2.24, 2.45) is 0 Å². The number of hydrogen-bond acceptors (Lipinski definition) is 6. The van der Waals surface area contributed by atoms with Gasteiger partial charge in [0.25, 0.3) is 0 Å². The van der Waals surface area contributed by atoms with Gasteiger partial charge < -0.3 is 10.2 Å². The summed E-state index contributed by atoms with van der Waals surface area (Å²) in [5.41, 5.74) is 2.70. The van der Waals surface area contributed by atoms with Crippen molar-refractivity contribution in [2.45, 2.75) is 33.4 Å². The Morgan fingerprint density at radius 3 is 2.41 bits per heavy atom. The third-order valence-corrected chi connectivity index (χ3v) is 4.19. The zero-order valence-corrected chi connectivity index (χ0v) is 15.8. The summed E-state index contributed by atoms with van der Waals surface area (Å²) in [5.74, 6) is 1.22. The number of anilines is 3. The molecular formula is C21H23N5O. The van der Waals surface area contributed by atoms with Gasteiger partial charge in [-0.25, -0.2) is 0 Å². The second kappa shape index (κ2) is 8.40. The minimum absolute atomic E-state index is 0.0426. The number of nitrogens with zero attached hydrogens (tertiary/aromatic N) is 4. The van der Waals surface area contributed by atoms with Gasteiger partial charge in [0.1, 0.15) is 0 Å². The van der Waals surface area contributed by atoms with Crippen LogP contribution in [0, 0.1) is 0 Å². The summed E-state index contributed by atoms with van der Waals surface area (Å²) < 4.78 is 0. The quantitative estimate of drug-likeness (QED) is 0.635. The minimum atomic E-state index is 0.0426. The molecule has 1 heterocycles. The zero-order chi connectivity index (χ0) is 19.2. The molecule has 0 saturated carbocycles. The lowest BCUT2D eigenvalue weighted by molar-refractivity contribution is 0.101. The van der Waals surface area contributed by atoms with E-state index >= 15 is 0 Å². The van der Waals surface area contributed by atoms with Crippen LogP contribution in [0.5, 0.6) is 0 Å². The van der Waals surface area contributed by atoms with Gasteiger partial charge in [0, 0.05) is 23.8 Å². The van der Waals surface area contributed by atoms with Crippen LogP contribution in [0.1, 0.15) is 36.7 Å². The Labute approximate surface area is 159 Å². The largest absolute Gasteiger partial charge is 0.339 e. The van der Waals surface area contributed by atoms with Gasteiger partial charge in [0.05, 0.1) is 6.20 Å². The Morgan fingerprint density at radius 1 is 1.07 bits per heavy atom. The van der Waals surface area contributed by atoms with Crippen molar-refractivity contribution in [2.75, 3.05) is 10.2 Å². The van der Waals surface area contributed by atoms with Gasteiger partial charge in [-0.2, -0.15) is 10.1 Å². The lowest BCUT2D eigenvalue weighted by Gasteiger charge is -2.26. The number of nitrogens with one attached hydrogen (secondary N) is 1. The molecule has 2 aromatic carbocycles. The van der Waals surface area contributed by atoms with Crippen molar-refractivity contribution in [1.29, 1.82) is 0 Å². The van der Waals surface area contributed by atoms with E-state index in [4.69, 9.17) is 0 Å². The third kappa shape index (κ3) is 4.88. The first-order valence-electron chi connectivity index (χ1n) is 8.91. The van der Waals surface area contributed by atoms with Crippen molar-refractivity contribution in [1.82, 2.24) is 15.2 Å². The van der Waals surface area contributed by atoms with Gasteiger partial charge in [0.2, 0.25) is 5.95 Å². The van der Waals surface area contributed by atoms with Gasteiger partial charge in [-0.15, -0.1) is 5.10 Å². The van der Waals surface area contributed by atoms with Gasteiger partial charge in [-0.05, 0) is 50.6 Å². The topological polar surface area (TPSA) is 71.0 Å². The maximum Gasteiger partial charge on any atom is 0.247 e. The molecule has 138 valence electrons. The van der Waals surface area contributed by atoms with E-state index in [0.29, 0.717) is 23.9 Å². The van der Waals surface area contributed by atoms with Crippen LogP contribution in [-0.2, 0) is 6.54 Å². The van der Waals surface area contributed by atoms with Crippen molar-refractivity contribution >= 4 is 23.2 Å². The normalized spacial score (nSPS) is 10.7. The fourth-order valence-corrected chi connectivity index (χ4v) is 2.68. The predicted octanol–water partition coefficient (Wildman–Crippen LogP) is 4.23. The van der Waals surface area contributed by atoms with Crippen LogP contribution in [0.15, 0.2) is 60.8 Å². The SMILES string of the molecule is CC(=O)c1ccc(Nc2cnnc(N(Cc3ccccc3)C(C)C)n2)cc1. The molecule has 6 nitrogen and oxygen atoms in total. The first-order chi connectivity index (χ1) is 13.0. The average Bonchev–Trinajstić information content (AvgIpc) is 2.67. The molecule has 0 aliphatic rings. The van der Waals surface area contributed by atoms with Crippen LogP contribution in [-0.4, -0.2) is 27.0 Å². The minimum Gasteiger partial charge on any atom is -0.339 e. The highest BCUT2D eigenvalue weighted by molar-refractivity contribution is 5.94. The highest BCUT2D eigenvalue weighted by Gasteiger charge is 2.15. The number of ketones is 1. The molecule has 0 fully saturated rings. The molecule has 1 N–H and O–H groups in total. The first kappa shape index (κ1) is 18.5. The van der Waals surface area contributed by atoms with Crippen LogP contribution in [0.25, 0.3) is 0 Å². The molecule has 0 spiro atoms. The van der Waals surface area contributed by atoms with Gasteiger partial charge in [0.15, 0.2) is 11.6 Å². The fourth-order valence-electron chi connectivity index (χ4n) is 2.68. The van der Waals surface area contributed by atoms with E-state index in [1.165, 1.54) is 5.56 Å². The molecule has 0 aliphatic carbocycles. The van der Waals surface area contributed by atoms with Gasteiger partial charge >= 0.3 is 0 Å². The van der Waals surface area contributed by atoms with E-state index in [0.717, 1.165) is 5.69 Å². The molecular weight excluding hydrogens is 338 g/mol. The first-order valence-corrected chi connectivity index (χ1v) is 8.91. The lowest BCUT2D eigenvalue weighted by Crippen LogP contribution is -2.32. The molecule has 0 amide bonds. The van der Waals surface area contributed by atoms with Crippen molar-refractivity contribution in [3.8, 4) is 0 Å². The maximum absolute atomic E-state index is 11.4. The van der Waals surface area contributed by atoms with E-state index in [-0.39, 0.29) is 11.8 Å². The third-order valence-electron chi connectivity index (χ3n) is 4.19. The summed E-state index contributed by atoms with van der Waals surface area (Å²) in [5, 5.41) is 11.5. The molecule has 6 heteroatoms. The van der Waals surface area contributed by atoms with Crippen molar-refractivity contribution in [3.05, 3.63) is 71.9 Å². The van der Waals surface area contributed by atoms with E-state index in [2.05, 4.69) is 51.4 Å². The van der Waals surface area contributed by atoms with Crippen LogP contribution < -0.4 is 10.2 Å². The molecule has 0 aliphatic heterocycles. The molecule has 0 atom stereocenters. The summed E-state index contributed by atoms with van der Waals surface area (Å²) >= 11 is 0. The number of carbonyl (C=O) groups is 1. The number of Topliss-reactive ketones (excluding diaryl/α,β-unsaturated/α-hetero) is 1. The Hall–Kier alpha value is -3.28. The predicted molar refractivity (Wildman–Crippen MR) is 107 cm³/mol. The lowest BCUT2D eigenvalue weighted by atomic mass is 10.1. The zero-order valence-electron chi connectivity index (χ0n) is 15.8. The summed E-state index contributed by atoms with van der Waals surface area (Å²) in [6.07, 6.45) is 1.59. The van der Waals surface area contributed by atoms with Crippen molar-refractivity contribution < 1.29 is 4.79 Å². The molecule has 0 unspecified atom stereocenters.